The second kappa shape index (κ2) is 4.57. The second-order valence-electron chi connectivity index (χ2n) is 4.39. The average Bonchev–Trinajstić information content (AvgIpc) is 2.91. The molecule has 0 aliphatic carbocycles. The molecular weight excluding hydrogens is 238 g/mol. The summed E-state index contributed by atoms with van der Waals surface area (Å²) < 4.78 is 1.72. The smallest absolute Gasteiger partial charge is 0.125 e. The van der Waals surface area contributed by atoms with Gasteiger partial charge in [0.15, 0.2) is 0 Å². The molecule has 4 nitrogen and oxygen atoms in total. The van der Waals surface area contributed by atoms with Crippen molar-refractivity contribution < 1.29 is 5.11 Å². The molecule has 0 aliphatic rings. The summed E-state index contributed by atoms with van der Waals surface area (Å²) >= 11 is 0. The number of hydrogen-bond donors (Lipinski definition) is 1. The summed E-state index contributed by atoms with van der Waals surface area (Å²) in [6, 6.07) is 15.2. The van der Waals surface area contributed by atoms with Gasteiger partial charge in [0.1, 0.15) is 5.75 Å². The standard InChI is InChI=1S/C15H13N3O/c1-11-7-8-15(19)13(9-11)14-10-16-17-18(14)12-5-3-2-4-6-12/h2-10,19H,1H3. The molecule has 0 amide bonds. The molecule has 94 valence electrons. The molecule has 1 heterocycles. The van der Waals surface area contributed by atoms with E-state index in [0.717, 1.165) is 22.5 Å². The molecular formula is C15H13N3O. The van der Waals surface area contributed by atoms with Crippen molar-refractivity contribution in [2.75, 3.05) is 0 Å². The first-order chi connectivity index (χ1) is 9.25. The number of aromatic hydroxyl groups is 1. The van der Waals surface area contributed by atoms with Crippen LogP contribution in [0.3, 0.4) is 0 Å². The highest BCUT2D eigenvalue weighted by Crippen LogP contribution is 2.30. The number of aromatic nitrogens is 3. The maximum atomic E-state index is 10.0. The van der Waals surface area contributed by atoms with Gasteiger partial charge < -0.3 is 5.11 Å². The normalized spacial score (nSPS) is 10.6. The van der Waals surface area contributed by atoms with Crippen molar-refractivity contribution in [2.45, 2.75) is 6.92 Å². The fourth-order valence-corrected chi connectivity index (χ4v) is 2.03. The van der Waals surface area contributed by atoms with Crippen LogP contribution in [-0.2, 0) is 0 Å². The first kappa shape index (κ1) is 11.5. The number of para-hydroxylation sites is 1. The lowest BCUT2D eigenvalue weighted by molar-refractivity contribution is 0.476. The van der Waals surface area contributed by atoms with E-state index in [4.69, 9.17) is 0 Å². The highest BCUT2D eigenvalue weighted by Gasteiger charge is 2.12. The molecule has 3 aromatic rings. The Morgan fingerprint density at radius 2 is 1.84 bits per heavy atom. The lowest BCUT2D eigenvalue weighted by atomic mass is 10.1. The molecule has 0 radical (unpaired) electrons. The molecule has 0 saturated heterocycles. The van der Waals surface area contributed by atoms with Gasteiger partial charge >= 0.3 is 0 Å². The number of rotatable bonds is 2. The third-order valence-corrected chi connectivity index (χ3v) is 2.98. The van der Waals surface area contributed by atoms with Crippen molar-refractivity contribution in [3.63, 3.8) is 0 Å². The van der Waals surface area contributed by atoms with Crippen molar-refractivity contribution in [2.24, 2.45) is 0 Å². The van der Waals surface area contributed by atoms with Gasteiger partial charge in [-0.25, -0.2) is 4.68 Å². The summed E-state index contributed by atoms with van der Waals surface area (Å²) in [4.78, 5) is 0. The molecule has 0 unspecified atom stereocenters. The van der Waals surface area contributed by atoms with Gasteiger partial charge in [-0.15, -0.1) is 5.10 Å². The Morgan fingerprint density at radius 3 is 2.63 bits per heavy atom. The number of phenolic OH excluding ortho intramolecular Hbond substituents is 1. The molecule has 2 aromatic carbocycles. The van der Waals surface area contributed by atoms with Crippen LogP contribution in [-0.4, -0.2) is 20.1 Å². The van der Waals surface area contributed by atoms with E-state index in [0.29, 0.717) is 0 Å². The van der Waals surface area contributed by atoms with Crippen LogP contribution in [0.15, 0.2) is 54.7 Å². The van der Waals surface area contributed by atoms with Gasteiger partial charge in [-0.05, 0) is 31.2 Å². The fraction of sp³-hybridized carbons (Fsp3) is 0.0667. The molecule has 4 heteroatoms. The van der Waals surface area contributed by atoms with Crippen molar-refractivity contribution in [3.05, 3.63) is 60.3 Å². The van der Waals surface area contributed by atoms with Crippen LogP contribution in [0.2, 0.25) is 0 Å². The van der Waals surface area contributed by atoms with Crippen LogP contribution in [0.5, 0.6) is 5.75 Å². The highest BCUT2D eigenvalue weighted by atomic mass is 16.3. The molecule has 0 atom stereocenters. The summed E-state index contributed by atoms with van der Waals surface area (Å²) in [6.07, 6.45) is 1.65. The molecule has 0 aliphatic heterocycles. The van der Waals surface area contributed by atoms with Gasteiger partial charge in [0.2, 0.25) is 0 Å². The molecule has 19 heavy (non-hydrogen) atoms. The molecule has 0 fully saturated rings. The van der Waals surface area contributed by atoms with Gasteiger partial charge in [0, 0.05) is 5.56 Å². The first-order valence-corrected chi connectivity index (χ1v) is 6.02. The molecule has 0 spiro atoms. The van der Waals surface area contributed by atoms with Crippen LogP contribution >= 0.6 is 0 Å². The summed E-state index contributed by atoms with van der Waals surface area (Å²) in [7, 11) is 0. The van der Waals surface area contributed by atoms with Crippen molar-refractivity contribution in [3.8, 4) is 22.7 Å². The zero-order valence-corrected chi connectivity index (χ0v) is 10.5. The Bertz CT molecular complexity index is 704. The van der Waals surface area contributed by atoms with Crippen LogP contribution in [0, 0.1) is 6.92 Å². The number of benzene rings is 2. The Labute approximate surface area is 111 Å². The second-order valence-corrected chi connectivity index (χ2v) is 4.39. The lowest BCUT2D eigenvalue weighted by Gasteiger charge is -2.08. The first-order valence-electron chi connectivity index (χ1n) is 6.02. The van der Waals surface area contributed by atoms with Crippen LogP contribution < -0.4 is 0 Å². The summed E-state index contributed by atoms with van der Waals surface area (Å²) in [5, 5.41) is 18.0. The Morgan fingerprint density at radius 1 is 1.05 bits per heavy atom. The SMILES string of the molecule is Cc1ccc(O)c(-c2cnnn2-c2ccccc2)c1. The fourth-order valence-electron chi connectivity index (χ4n) is 2.03. The zero-order chi connectivity index (χ0) is 13.2. The van der Waals surface area contributed by atoms with Crippen LogP contribution in [0.1, 0.15) is 5.56 Å². The minimum absolute atomic E-state index is 0.227. The predicted molar refractivity (Wildman–Crippen MR) is 73.2 cm³/mol. The number of hydrogen-bond acceptors (Lipinski definition) is 3. The van der Waals surface area contributed by atoms with Gasteiger partial charge in [-0.2, -0.15) is 0 Å². The van der Waals surface area contributed by atoms with Crippen molar-refractivity contribution in [1.82, 2.24) is 15.0 Å². The van der Waals surface area contributed by atoms with E-state index < -0.39 is 0 Å². The van der Waals surface area contributed by atoms with E-state index in [1.165, 1.54) is 0 Å². The zero-order valence-electron chi connectivity index (χ0n) is 10.5. The number of nitrogens with zero attached hydrogens (tertiary/aromatic N) is 3. The van der Waals surface area contributed by atoms with E-state index in [2.05, 4.69) is 10.3 Å². The Balaban J connectivity index is 2.18. The van der Waals surface area contributed by atoms with E-state index >= 15 is 0 Å². The van der Waals surface area contributed by atoms with Crippen LogP contribution in [0.25, 0.3) is 16.9 Å². The highest BCUT2D eigenvalue weighted by molar-refractivity contribution is 5.68. The summed E-state index contributed by atoms with van der Waals surface area (Å²) in [5.74, 6) is 0.227. The van der Waals surface area contributed by atoms with Gasteiger partial charge in [-0.1, -0.05) is 35.0 Å². The van der Waals surface area contributed by atoms with E-state index in [9.17, 15) is 5.11 Å². The molecule has 0 saturated carbocycles. The maximum absolute atomic E-state index is 10.0. The molecule has 1 N–H and O–H groups in total. The van der Waals surface area contributed by atoms with E-state index in [1.807, 2.05) is 49.4 Å². The molecule has 0 bridgehead atoms. The van der Waals surface area contributed by atoms with Gasteiger partial charge in [0.25, 0.3) is 0 Å². The van der Waals surface area contributed by atoms with Crippen molar-refractivity contribution in [1.29, 1.82) is 0 Å². The van der Waals surface area contributed by atoms with Gasteiger partial charge in [0.05, 0.1) is 17.6 Å². The quantitative estimate of drug-likeness (QED) is 0.761. The number of phenols is 1. The average molecular weight is 251 g/mol. The lowest BCUT2D eigenvalue weighted by Crippen LogP contribution is -1.99. The van der Waals surface area contributed by atoms with E-state index in [-0.39, 0.29) is 5.75 Å². The Hall–Kier alpha value is -2.62. The minimum atomic E-state index is 0.227. The molecule has 3 rings (SSSR count). The maximum Gasteiger partial charge on any atom is 0.125 e. The Kier molecular flexibility index (Phi) is 2.76. The predicted octanol–water partition coefficient (Wildman–Crippen LogP) is 2.95. The minimum Gasteiger partial charge on any atom is -0.507 e. The van der Waals surface area contributed by atoms with Crippen LogP contribution in [0.4, 0.5) is 0 Å². The summed E-state index contributed by atoms with van der Waals surface area (Å²) in [5.41, 5.74) is 3.49. The monoisotopic (exact) mass is 251 g/mol. The van der Waals surface area contributed by atoms with E-state index in [1.54, 1.807) is 16.9 Å². The topological polar surface area (TPSA) is 50.9 Å². The summed E-state index contributed by atoms with van der Waals surface area (Å²) in [6.45, 7) is 1.99. The third kappa shape index (κ3) is 2.08. The third-order valence-electron chi connectivity index (χ3n) is 2.98. The number of aryl methyl sites for hydroxylation is 1. The van der Waals surface area contributed by atoms with Gasteiger partial charge in [-0.3, -0.25) is 0 Å². The largest absolute Gasteiger partial charge is 0.507 e. The molecule has 1 aromatic heterocycles. The van der Waals surface area contributed by atoms with Crippen molar-refractivity contribution >= 4 is 0 Å².